The molecule has 1 heterocycles. The van der Waals surface area contributed by atoms with Gasteiger partial charge in [0.1, 0.15) is 0 Å². The average Bonchev–Trinajstić information content (AvgIpc) is 2.80. The van der Waals surface area contributed by atoms with Gasteiger partial charge in [0.05, 0.1) is 23.8 Å². The first kappa shape index (κ1) is 18.4. The van der Waals surface area contributed by atoms with Crippen molar-refractivity contribution >= 4 is 27.0 Å². The molecular formula is C16H24N4O3S. The minimum absolute atomic E-state index is 0.268. The number of nitrogens with zero attached hydrogens (tertiary/aromatic N) is 4. The zero-order chi connectivity index (χ0) is 17.9. The molecule has 0 saturated heterocycles. The number of aromatic nitrogens is 2. The van der Waals surface area contributed by atoms with Crippen LogP contribution in [0.4, 0.5) is 0 Å². The number of hydrogen-bond acceptors (Lipinski definition) is 3. The molecule has 2 aromatic rings. The molecule has 132 valence electrons. The topological polar surface area (TPSA) is 76.7 Å². The first-order chi connectivity index (χ1) is 11.3. The number of fused-ring (bicyclic) bond motifs is 1. The van der Waals surface area contributed by atoms with Crippen molar-refractivity contribution in [3.05, 3.63) is 29.9 Å². The van der Waals surface area contributed by atoms with Gasteiger partial charge in [0.15, 0.2) is 0 Å². The molecule has 0 aliphatic rings. The first-order valence-corrected chi connectivity index (χ1v) is 9.81. The number of imidazole rings is 1. The van der Waals surface area contributed by atoms with Crippen molar-refractivity contribution in [2.24, 2.45) is 4.99 Å². The quantitative estimate of drug-likeness (QED) is 0.784. The molecule has 0 saturated carbocycles. The maximum atomic E-state index is 12.3. The summed E-state index contributed by atoms with van der Waals surface area (Å²) in [5.41, 5.74) is 2.59. The van der Waals surface area contributed by atoms with Crippen molar-refractivity contribution < 1.29 is 13.2 Å². The minimum Gasteiger partial charge on any atom is -0.310 e. The van der Waals surface area contributed by atoms with Crippen LogP contribution in [0.2, 0.25) is 0 Å². The molecule has 7 nitrogen and oxygen atoms in total. The van der Waals surface area contributed by atoms with Gasteiger partial charge in [-0.1, -0.05) is 19.1 Å². The zero-order valence-electron chi connectivity index (χ0n) is 14.6. The van der Waals surface area contributed by atoms with Gasteiger partial charge < -0.3 is 9.13 Å². The number of amides is 1. The fraction of sp³-hybridized carbons (Fsp3) is 0.500. The summed E-state index contributed by atoms with van der Waals surface area (Å²) >= 11 is 0. The number of benzene rings is 1. The lowest BCUT2D eigenvalue weighted by atomic mass is 10.3. The van der Waals surface area contributed by atoms with Gasteiger partial charge in [0, 0.05) is 20.1 Å². The molecular weight excluding hydrogens is 328 g/mol. The second kappa shape index (κ2) is 7.31. The Labute approximate surface area is 142 Å². The van der Waals surface area contributed by atoms with E-state index in [0.29, 0.717) is 12.2 Å². The van der Waals surface area contributed by atoms with Crippen molar-refractivity contribution in [2.75, 3.05) is 19.8 Å². The van der Waals surface area contributed by atoms with Crippen LogP contribution in [-0.4, -0.2) is 47.6 Å². The molecule has 0 bridgehead atoms. The molecule has 1 aromatic heterocycles. The summed E-state index contributed by atoms with van der Waals surface area (Å²) in [6, 6.07) is 7.91. The Bertz CT molecular complexity index is 909. The van der Waals surface area contributed by atoms with Crippen molar-refractivity contribution in [3.8, 4) is 0 Å². The molecule has 0 radical (unpaired) electrons. The lowest BCUT2D eigenvalue weighted by Gasteiger charge is -2.11. The van der Waals surface area contributed by atoms with Crippen LogP contribution in [-0.2, 0) is 27.9 Å². The van der Waals surface area contributed by atoms with Crippen molar-refractivity contribution in [1.82, 2.24) is 13.4 Å². The SMILES string of the molecule is CCCn1c(=NC(=O)CN(C)S(C)(=O)=O)n(CC)c2ccccc21. The highest BCUT2D eigenvalue weighted by atomic mass is 32.2. The highest BCUT2D eigenvalue weighted by Crippen LogP contribution is 2.13. The van der Waals surface area contributed by atoms with Gasteiger partial charge in [-0.3, -0.25) is 4.79 Å². The van der Waals surface area contributed by atoms with E-state index in [1.807, 2.05) is 40.3 Å². The second-order valence-corrected chi connectivity index (χ2v) is 7.80. The summed E-state index contributed by atoms with van der Waals surface area (Å²) in [5, 5.41) is 0. The van der Waals surface area contributed by atoms with E-state index in [4.69, 9.17) is 0 Å². The highest BCUT2D eigenvalue weighted by Gasteiger charge is 2.16. The van der Waals surface area contributed by atoms with Crippen molar-refractivity contribution in [2.45, 2.75) is 33.4 Å². The van der Waals surface area contributed by atoms with Gasteiger partial charge in [0.25, 0.3) is 5.91 Å². The van der Waals surface area contributed by atoms with Gasteiger partial charge in [-0.25, -0.2) is 8.42 Å². The molecule has 0 aliphatic heterocycles. The van der Waals surface area contributed by atoms with Gasteiger partial charge in [-0.05, 0) is 25.5 Å². The second-order valence-electron chi connectivity index (χ2n) is 5.71. The van der Waals surface area contributed by atoms with Crippen LogP contribution in [0, 0.1) is 0 Å². The molecule has 0 spiro atoms. The molecule has 8 heteroatoms. The summed E-state index contributed by atoms with van der Waals surface area (Å²) < 4.78 is 27.9. The molecule has 0 fully saturated rings. The van der Waals surface area contributed by atoms with Crippen LogP contribution >= 0.6 is 0 Å². The van der Waals surface area contributed by atoms with Gasteiger partial charge in [-0.15, -0.1) is 0 Å². The summed E-state index contributed by atoms with van der Waals surface area (Å²) in [6.07, 6.45) is 1.98. The Balaban J connectivity index is 2.57. The Hall–Kier alpha value is -1.93. The van der Waals surface area contributed by atoms with Gasteiger partial charge >= 0.3 is 0 Å². The minimum atomic E-state index is -3.41. The third-order valence-corrected chi connectivity index (χ3v) is 5.12. The van der Waals surface area contributed by atoms with Crippen LogP contribution in [0.5, 0.6) is 0 Å². The smallest absolute Gasteiger partial charge is 0.264 e. The van der Waals surface area contributed by atoms with Crippen molar-refractivity contribution in [3.63, 3.8) is 0 Å². The monoisotopic (exact) mass is 352 g/mol. The van der Waals surface area contributed by atoms with E-state index in [9.17, 15) is 13.2 Å². The van der Waals surface area contributed by atoms with Crippen LogP contribution in [0.1, 0.15) is 20.3 Å². The molecule has 1 amide bonds. The Morgan fingerprint density at radius 1 is 1.17 bits per heavy atom. The van der Waals surface area contributed by atoms with E-state index < -0.39 is 15.9 Å². The molecule has 0 unspecified atom stereocenters. The number of sulfonamides is 1. The van der Waals surface area contributed by atoms with Crippen LogP contribution < -0.4 is 5.62 Å². The Morgan fingerprint density at radius 2 is 1.75 bits per heavy atom. The maximum absolute atomic E-state index is 12.3. The Kier molecular flexibility index (Phi) is 5.61. The van der Waals surface area contributed by atoms with E-state index in [2.05, 4.69) is 11.9 Å². The van der Waals surface area contributed by atoms with Crippen LogP contribution in [0.3, 0.4) is 0 Å². The van der Waals surface area contributed by atoms with Crippen molar-refractivity contribution in [1.29, 1.82) is 0 Å². The van der Waals surface area contributed by atoms with Gasteiger partial charge in [-0.2, -0.15) is 9.30 Å². The fourth-order valence-electron chi connectivity index (χ4n) is 2.61. The Morgan fingerprint density at radius 3 is 2.25 bits per heavy atom. The summed E-state index contributed by atoms with van der Waals surface area (Å²) in [5.74, 6) is -0.481. The predicted molar refractivity (Wildman–Crippen MR) is 93.9 cm³/mol. The largest absolute Gasteiger partial charge is 0.310 e. The first-order valence-electron chi connectivity index (χ1n) is 7.96. The summed E-state index contributed by atoms with van der Waals surface area (Å²) in [6.45, 7) is 5.20. The van der Waals surface area contributed by atoms with Crippen LogP contribution in [0.15, 0.2) is 29.3 Å². The number of carbonyl (C=O) groups excluding carboxylic acids is 1. The summed E-state index contributed by atoms with van der Waals surface area (Å²) in [7, 11) is -2.04. The lowest BCUT2D eigenvalue weighted by Crippen LogP contribution is -2.33. The number of para-hydroxylation sites is 2. The lowest BCUT2D eigenvalue weighted by molar-refractivity contribution is -0.118. The normalized spacial score (nSPS) is 13.1. The maximum Gasteiger partial charge on any atom is 0.264 e. The molecule has 24 heavy (non-hydrogen) atoms. The fourth-order valence-corrected chi connectivity index (χ4v) is 2.96. The highest BCUT2D eigenvalue weighted by molar-refractivity contribution is 7.88. The number of aryl methyl sites for hydroxylation is 2. The molecule has 1 aromatic carbocycles. The van der Waals surface area contributed by atoms with E-state index in [-0.39, 0.29) is 6.54 Å². The third kappa shape index (κ3) is 3.76. The molecule has 0 atom stereocenters. The third-order valence-electron chi connectivity index (χ3n) is 3.86. The van der Waals surface area contributed by atoms with E-state index >= 15 is 0 Å². The van der Waals surface area contributed by atoms with Gasteiger partial charge in [0.2, 0.25) is 15.6 Å². The van der Waals surface area contributed by atoms with E-state index in [1.165, 1.54) is 7.05 Å². The van der Waals surface area contributed by atoms with Crippen LogP contribution in [0.25, 0.3) is 11.0 Å². The van der Waals surface area contributed by atoms with E-state index in [1.54, 1.807) is 0 Å². The predicted octanol–water partition coefficient (Wildman–Crippen LogP) is 1.19. The number of rotatable bonds is 6. The van der Waals surface area contributed by atoms with E-state index in [0.717, 1.165) is 34.6 Å². The number of carbonyl (C=O) groups is 1. The zero-order valence-corrected chi connectivity index (χ0v) is 15.4. The number of hydrogen-bond donors (Lipinski definition) is 0. The molecule has 0 aliphatic carbocycles. The standard InChI is InChI=1S/C16H24N4O3S/c1-5-11-20-14-10-8-7-9-13(14)19(6-2)16(20)17-15(21)12-18(3)24(4,22)23/h7-10H,5-6,11-12H2,1-4H3. The number of likely N-dealkylation sites (N-methyl/N-ethyl adjacent to an activating group) is 1. The molecule has 2 rings (SSSR count). The molecule has 0 N–H and O–H groups in total. The average molecular weight is 352 g/mol. The summed E-state index contributed by atoms with van der Waals surface area (Å²) in [4.78, 5) is 16.5.